The Hall–Kier alpha value is 0.310. The molecule has 0 radical (unpaired) electrons. The van der Waals surface area contributed by atoms with Gasteiger partial charge in [-0.1, -0.05) is 39.0 Å². The van der Waals surface area contributed by atoms with Gasteiger partial charge in [0.15, 0.2) is 0 Å². The van der Waals surface area contributed by atoms with Crippen molar-refractivity contribution in [1.29, 1.82) is 0 Å². The van der Waals surface area contributed by atoms with E-state index in [1.165, 1.54) is 32.1 Å². The molecule has 0 amide bonds. The van der Waals surface area contributed by atoms with E-state index in [0.29, 0.717) is 0 Å². The quantitative estimate of drug-likeness (QED) is 0.343. The summed E-state index contributed by atoms with van der Waals surface area (Å²) in [5.74, 6) is 0. The van der Waals surface area contributed by atoms with Crippen LogP contribution in [0, 0.1) is 0 Å². The normalized spacial score (nSPS) is 10.2. The van der Waals surface area contributed by atoms with Crippen molar-refractivity contribution in [3.8, 4) is 0 Å². The van der Waals surface area contributed by atoms with E-state index < -0.39 is 0 Å². The highest BCUT2D eigenvalue weighted by Gasteiger charge is 1.88. The van der Waals surface area contributed by atoms with Gasteiger partial charge >= 0.3 is 0 Å². The monoisotopic (exact) mass is 162 g/mol. The highest BCUT2D eigenvalue weighted by molar-refractivity contribution is 7.75. The largest absolute Gasteiger partial charge is 0.319 e. The number of unbranched alkanes of at least 4 members (excludes halogenated alkanes) is 5. The summed E-state index contributed by atoms with van der Waals surface area (Å²) in [4.78, 5) is 0. The van der Waals surface area contributed by atoms with Gasteiger partial charge in [0, 0.05) is 0 Å². The standard InChI is InChI=1S/C8H18OS/c1-2-3-4-5-6-7-8-9-10/h10H,2-8H2,1H3. The van der Waals surface area contributed by atoms with E-state index in [2.05, 4.69) is 24.0 Å². The lowest BCUT2D eigenvalue weighted by molar-refractivity contribution is 0.361. The highest BCUT2D eigenvalue weighted by Crippen LogP contribution is 2.04. The van der Waals surface area contributed by atoms with Crippen molar-refractivity contribution >= 4 is 12.9 Å². The Morgan fingerprint density at radius 1 is 1.00 bits per heavy atom. The van der Waals surface area contributed by atoms with Gasteiger partial charge in [-0.3, -0.25) is 0 Å². The van der Waals surface area contributed by atoms with E-state index in [0.717, 1.165) is 13.0 Å². The van der Waals surface area contributed by atoms with Crippen LogP contribution in [0.5, 0.6) is 0 Å². The lowest BCUT2D eigenvalue weighted by Gasteiger charge is -1.97. The molecular formula is C8H18OS. The third-order valence-corrected chi connectivity index (χ3v) is 1.77. The Morgan fingerprint density at radius 2 is 1.60 bits per heavy atom. The van der Waals surface area contributed by atoms with Gasteiger partial charge in [0.25, 0.3) is 0 Å². The van der Waals surface area contributed by atoms with Crippen LogP contribution < -0.4 is 0 Å². The molecule has 0 bridgehead atoms. The zero-order valence-electron chi connectivity index (χ0n) is 6.81. The average molecular weight is 162 g/mol. The maximum Gasteiger partial charge on any atom is 0.0610 e. The molecule has 0 N–H and O–H groups in total. The van der Waals surface area contributed by atoms with Crippen LogP contribution in [0.2, 0.25) is 0 Å². The van der Waals surface area contributed by atoms with Gasteiger partial charge in [0.1, 0.15) is 0 Å². The maximum absolute atomic E-state index is 4.64. The molecular weight excluding hydrogens is 144 g/mol. The predicted octanol–water partition coefficient (Wildman–Crippen LogP) is 3.21. The Labute approximate surface area is 69.8 Å². The van der Waals surface area contributed by atoms with Crippen molar-refractivity contribution in [2.75, 3.05) is 6.61 Å². The third kappa shape index (κ3) is 8.31. The molecule has 0 unspecified atom stereocenters. The van der Waals surface area contributed by atoms with Crippen LogP contribution in [0.25, 0.3) is 0 Å². The SMILES string of the molecule is CCCCCCCCOS. The smallest absolute Gasteiger partial charge is 0.0610 e. The minimum atomic E-state index is 0.801. The average Bonchev–Trinajstić information content (AvgIpc) is 1.97. The van der Waals surface area contributed by atoms with E-state index in [9.17, 15) is 0 Å². The van der Waals surface area contributed by atoms with Gasteiger partial charge in [0.2, 0.25) is 0 Å². The minimum Gasteiger partial charge on any atom is -0.319 e. The Balaban J connectivity index is 2.65. The first-order valence-electron chi connectivity index (χ1n) is 4.18. The molecule has 62 valence electrons. The van der Waals surface area contributed by atoms with Crippen molar-refractivity contribution in [1.82, 2.24) is 0 Å². The Bertz CT molecular complexity index is 49.2. The molecule has 0 aromatic rings. The van der Waals surface area contributed by atoms with E-state index in [1.807, 2.05) is 0 Å². The van der Waals surface area contributed by atoms with Crippen molar-refractivity contribution in [2.24, 2.45) is 0 Å². The highest BCUT2D eigenvalue weighted by atomic mass is 32.1. The van der Waals surface area contributed by atoms with Crippen LogP contribution >= 0.6 is 12.9 Å². The second-order valence-corrected chi connectivity index (χ2v) is 2.86. The van der Waals surface area contributed by atoms with E-state index in [1.54, 1.807) is 0 Å². The fourth-order valence-electron chi connectivity index (χ4n) is 0.947. The topological polar surface area (TPSA) is 9.23 Å². The molecule has 1 nitrogen and oxygen atoms in total. The summed E-state index contributed by atoms with van der Waals surface area (Å²) in [5.41, 5.74) is 0. The van der Waals surface area contributed by atoms with Crippen molar-refractivity contribution < 1.29 is 4.18 Å². The minimum absolute atomic E-state index is 0.801. The third-order valence-electron chi connectivity index (χ3n) is 1.59. The number of rotatable bonds is 7. The summed E-state index contributed by atoms with van der Waals surface area (Å²) in [7, 11) is 0. The molecule has 2 heteroatoms. The first-order valence-corrected chi connectivity index (χ1v) is 4.54. The maximum atomic E-state index is 4.64. The molecule has 0 fully saturated rings. The van der Waals surface area contributed by atoms with Crippen molar-refractivity contribution in [3.05, 3.63) is 0 Å². The van der Waals surface area contributed by atoms with Crippen LogP contribution in [0.15, 0.2) is 0 Å². The first-order chi connectivity index (χ1) is 4.91. The Morgan fingerprint density at radius 3 is 2.20 bits per heavy atom. The fraction of sp³-hybridized carbons (Fsp3) is 1.00. The second kappa shape index (κ2) is 9.31. The van der Waals surface area contributed by atoms with Gasteiger partial charge in [0.05, 0.1) is 6.61 Å². The summed E-state index contributed by atoms with van der Waals surface area (Å²) in [6, 6.07) is 0. The van der Waals surface area contributed by atoms with Gasteiger partial charge < -0.3 is 4.18 Å². The summed E-state index contributed by atoms with van der Waals surface area (Å²) in [6.07, 6.45) is 7.88. The summed E-state index contributed by atoms with van der Waals surface area (Å²) in [6.45, 7) is 3.03. The van der Waals surface area contributed by atoms with Crippen LogP contribution in [0.4, 0.5) is 0 Å². The number of thiol groups is 1. The number of hydrogen-bond donors (Lipinski definition) is 1. The fourth-order valence-corrected chi connectivity index (χ4v) is 1.08. The lowest BCUT2D eigenvalue weighted by Crippen LogP contribution is -1.84. The molecule has 0 heterocycles. The molecule has 0 aromatic carbocycles. The summed E-state index contributed by atoms with van der Waals surface area (Å²) in [5, 5.41) is 0. The molecule has 0 aliphatic heterocycles. The molecule has 0 atom stereocenters. The predicted molar refractivity (Wildman–Crippen MR) is 48.3 cm³/mol. The van der Waals surface area contributed by atoms with Crippen LogP contribution in [-0.4, -0.2) is 6.61 Å². The van der Waals surface area contributed by atoms with Gasteiger partial charge in [-0.2, -0.15) is 0 Å². The Kier molecular flexibility index (Phi) is 9.60. The molecule has 0 aliphatic rings. The van der Waals surface area contributed by atoms with Crippen molar-refractivity contribution in [2.45, 2.75) is 45.4 Å². The van der Waals surface area contributed by atoms with Crippen molar-refractivity contribution in [3.63, 3.8) is 0 Å². The first kappa shape index (κ1) is 10.3. The van der Waals surface area contributed by atoms with E-state index in [-0.39, 0.29) is 0 Å². The molecule has 0 spiro atoms. The molecule has 10 heavy (non-hydrogen) atoms. The van der Waals surface area contributed by atoms with Crippen LogP contribution in [-0.2, 0) is 4.18 Å². The van der Waals surface area contributed by atoms with Gasteiger partial charge in [-0.25, -0.2) is 0 Å². The molecule has 0 aliphatic carbocycles. The summed E-state index contributed by atoms with van der Waals surface area (Å²) < 4.78 is 4.64. The molecule has 0 rings (SSSR count). The molecule has 0 saturated carbocycles. The van der Waals surface area contributed by atoms with E-state index in [4.69, 9.17) is 0 Å². The van der Waals surface area contributed by atoms with Gasteiger partial charge in [-0.05, 0) is 19.3 Å². The van der Waals surface area contributed by atoms with Crippen LogP contribution in [0.1, 0.15) is 45.4 Å². The van der Waals surface area contributed by atoms with Gasteiger partial charge in [-0.15, -0.1) is 0 Å². The molecule has 0 aromatic heterocycles. The lowest BCUT2D eigenvalue weighted by atomic mass is 10.1. The zero-order chi connectivity index (χ0) is 7.66. The summed E-state index contributed by atoms with van der Waals surface area (Å²) >= 11 is 3.66. The zero-order valence-corrected chi connectivity index (χ0v) is 7.70. The number of hydrogen-bond acceptors (Lipinski definition) is 2. The molecule has 0 saturated heterocycles. The second-order valence-electron chi connectivity index (χ2n) is 2.60. The van der Waals surface area contributed by atoms with E-state index >= 15 is 0 Å². The van der Waals surface area contributed by atoms with Crippen LogP contribution in [0.3, 0.4) is 0 Å².